The minimum atomic E-state index is -0.438. The minimum Gasteiger partial charge on any atom is -0.331 e. The Morgan fingerprint density at radius 3 is 2.72 bits per heavy atom. The highest BCUT2D eigenvalue weighted by atomic mass is 19.1. The van der Waals surface area contributed by atoms with Gasteiger partial charge in [0.25, 0.3) is 0 Å². The quantitative estimate of drug-likeness (QED) is 0.745. The first-order chi connectivity index (χ1) is 12.2. The van der Waals surface area contributed by atoms with Gasteiger partial charge in [0.15, 0.2) is 0 Å². The van der Waals surface area contributed by atoms with Crippen molar-refractivity contribution in [1.29, 1.82) is 0 Å². The topological polar surface area (TPSA) is 71.8 Å². The molecule has 6 nitrogen and oxygen atoms in total. The van der Waals surface area contributed by atoms with Gasteiger partial charge in [-0.2, -0.15) is 5.10 Å². The van der Waals surface area contributed by atoms with Crippen LogP contribution in [0, 0.1) is 5.82 Å². The molecule has 0 unspecified atom stereocenters. The summed E-state index contributed by atoms with van der Waals surface area (Å²) >= 11 is 0. The lowest BCUT2D eigenvalue weighted by Crippen LogP contribution is -2.32. The molecular weight excluding hydrogens is 321 g/mol. The number of nitrogens with one attached hydrogen (secondary N) is 2. The largest absolute Gasteiger partial charge is 0.331 e. The van der Waals surface area contributed by atoms with E-state index in [2.05, 4.69) is 20.7 Å². The molecular formula is C18H18FN5O. The molecule has 2 N–H and O–H groups in total. The summed E-state index contributed by atoms with van der Waals surface area (Å²) in [6.45, 7) is 1.97. The molecule has 1 aromatic carbocycles. The maximum Gasteiger partial charge on any atom is 0.319 e. The summed E-state index contributed by atoms with van der Waals surface area (Å²) in [6.07, 6.45) is 7.42. The van der Waals surface area contributed by atoms with E-state index in [1.807, 2.05) is 19.1 Å². The summed E-state index contributed by atoms with van der Waals surface area (Å²) < 4.78 is 15.2. The van der Waals surface area contributed by atoms with Crippen LogP contribution in [0.1, 0.15) is 24.9 Å². The van der Waals surface area contributed by atoms with Gasteiger partial charge in [0.05, 0.1) is 17.4 Å². The van der Waals surface area contributed by atoms with Crippen molar-refractivity contribution in [2.45, 2.75) is 19.4 Å². The third-order valence-corrected chi connectivity index (χ3v) is 3.78. The van der Waals surface area contributed by atoms with E-state index >= 15 is 0 Å². The second kappa shape index (κ2) is 7.57. The average Bonchev–Trinajstić information content (AvgIpc) is 3.15. The second-order valence-corrected chi connectivity index (χ2v) is 5.45. The molecule has 1 atom stereocenters. The van der Waals surface area contributed by atoms with E-state index in [0.29, 0.717) is 17.8 Å². The summed E-state index contributed by atoms with van der Waals surface area (Å²) in [5.74, 6) is -0.438. The zero-order valence-electron chi connectivity index (χ0n) is 13.7. The van der Waals surface area contributed by atoms with Crippen LogP contribution in [0.2, 0.25) is 0 Å². The molecule has 0 aliphatic heterocycles. The van der Waals surface area contributed by atoms with Crippen molar-refractivity contribution in [1.82, 2.24) is 20.1 Å². The van der Waals surface area contributed by atoms with E-state index in [1.165, 1.54) is 12.1 Å². The van der Waals surface area contributed by atoms with E-state index < -0.39 is 11.8 Å². The molecule has 0 radical (unpaired) electrons. The van der Waals surface area contributed by atoms with Gasteiger partial charge in [0.1, 0.15) is 5.82 Å². The monoisotopic (exact) mass is 339 g/mol. The van der Waals surface area contributed by atoms with Gasteiger partial charge in [0.2, 0.25) is 0 Å². The fourth-order valence-electron chi connectivity index (χ4n) is 2.55. The zero-order chi connectivity index (χ0) is 17.6. The number of benzene rings is 1. The van der Waals surface area contributed by atoms with E-state index in [9.17, 15) is 9.18 Å². The molecule has 0 aliphatic rings. The highest BCUT2D eigenvalue weighted by Crippen LogP contribution is 2.22. The van der Waals surface area contributed by atoms with E-state index in [-0.39, 0.29) is 6.04 Å². The first-order valence-electron chi connectivity index (χ1n) is 7.94. The van der Waals surface area contributed by atoms with Gasteiger partial charge < -0.3 is 10.6 Å². The van der Waals surface area contributed by atoms with Gasteiger partial charge in [-0.05, 0) is 48.4 Å². The second-order valence-electron chi connectivity index (χ2n) is 5.45. The van der Waals surface area contributed by atoms with Crippen LogP contribution in [0.25, 0.3) is 5.69 Å². The molecule has 0 aliphatic carbocycles. The van der Waals surface area contributed by atoms with Gasteiger partial charge in [0, 0.05) is 24.8 Å². The number of hydrogen-bond acceptors (Lipinski definition) is 3. The van der Waals surface area contributed by atoms with Crippen molar-refractivity contribution in [2.75, 3.05) is 5.32 Å². The summed E-state index contributed by atoms with van der Waals surface area (Å²) in [5, 5.41) is 9.73. The van der Waals surface area contributed by atoms with Gasteiger partial charge >= 0.3 is 6.03 Å². The molecule has 2 heterocycles. The number of nitrogens with zero attached hydrogens (tertiary/aromatic N) is 3. The van der Waals surface area contributed by atoms with Crippen molar-refractivity contribution in [3.05, 3.63) is 72.6 Å². The maximum absolute atomic E-state index is 13.6. The van der Waals surface area contributed by atoms with Crippen LogP contribution in [-0.4, -0.2) is 20.8 Å². The number of aromatic nitrogens is 3. The van der Waals surface area contributed by atoms with Gasteiger partial charge in [-0.3, -0.25) is 4.98 Å². The number of anilines is 1. The Labute approximate surface area is 144 Å². The smallest absolute Gasteiger partial charge is 0.319 e. The lowest BCUT2D eigenvalue weighted by atomic mass is 10.1. The lowest BCUT2D eigenvalue weighted by Gasteiger charge is -2.18. The standard InChI is InChI=1S/C18H18FN5O/c1-2-15(13-6-9-20-10-7-13)22-18(25)23-16-12-14(19)4-5-17(16)24-11-3-8-21-24/h3-12,15H,2H2,1H3,(H2,22,23,25)/t15-/m0/s1. The number of halogens is 1. The summed E-state index contributed by atoms with van der Waals surface area (Å²) in [5.41, 5.74) is 1.88. The summed E-state index contributed by atoms with van der Waals surface area (Å²) in [7, 11) is 0. The Balaban J connectivity index is 1.78. The summed E-state index contributed by atoms with van der Waals surface area (Å²) in [6, 6.07) is 9.04. The van der Waals surface area contributed by atoms with Crippen LogP contribution in [0.3, 0.4) is 0 Å². The number of carbonyl (C=O) groups excluding carboxylic acids is 1. The van der Waals surface area contributed by atoms with Crippen LogP contribution in [0.15, 0.2) is 61.2 Å². The molecule has 0 fully saturated rings. The minimum absolute atomic E-state index is 0.162. The molecule has 3 rings (SSSR count). The Bertz CT molecular complexity index is 836. The van der Waals surface area contributed by atoms with Crippen molar-refractivity contribution in [2.24, 2.45) is 0 Å². The molecule has 0 saturated heterocycles. The number of carbonyl (C=O) groups is 1. The highest BCUT2D eigenvalue weighted by Gasteiger charge is 2.15. The molecule has 0 saturated carbocycles. The maximum atomic E-state index is 13.6. The Hall–Kier alpha value is -3.22. The molecule has 2 aromatic heterocycles. The van der Waals surface area contributed by atoms with E-state index in [4.69, 9.17) is 0 Å². The number of amides is 2. The van der Waals surface area contributed by atoms with Crippen LogP contribution in [0.5, 0.6) is 0 Å². The number of pyridine rings is 1. The molecule has 2 amide bonds. The fourth-order valence-corrected chi connectivity index (χ4v) is 2.55. The third kappa shape index (κ3) is 4.00. The molecule has 128 valence electrons. The van der Waals surface area contributed by atoms with E-state index in [1.54, 1.807) is 41.6 Å². The van der Waals surface area contributed by atoms with Crippen molar-refractivity contribution in [3.63, 3.8) is 0 Å². The van der Waals surface area contributed by atoms with Crippen LogP contribution >= 0.6 is 0 Å². The van der Waals surface area contributed by atoms with Crippen molar-refractivity contribution < 1.29 is 9.18 Å². The van der Waals surface area contributed by atoms with Crippen LogP contribution in [0.4, 0.5) is 14.9 Å². The van der Waals surface area contributed by atoms with E-state index in [0.717, 1.165) is 5.56 Å². The first kappa shape index (κ1) is 16.6. The molecule has 25 heavy (non-hydrogen) atoms. The first-order valence-corrected chi connectivity index (χ1v) is 7.94. The predicted molar refractivity (Wildman–Crippen MR) is 92.9 cm³/mol. The third-order valence-electron chi connectivity index (χ3n) is 3.78. The molecule has 0 spiro atoms. The van der Waals surface area contributed by atoms with Crippen molar-refractivity contribution >= 4 is 11.7 Å². The lowest BCUT2D eigenvalue weighted by molar-refractivity contribution is 0.248. The van der Waals surface area contributed by atoms with Gasteiger partial charge in [-0.1, -0.05) is 6.92 Å². The fraction of sp³-hybridized carbons (Fsp3) is 0.167. The highest BCUT2D eigenvalue weighted by molar-refractivity contribution is 5.91. The molecule has 7 heteroatoms. The molecule has 0 bridgehead atoms. The van der Waals surface area contributed by atoms with Crippen LogP contribution < -0.4 is 10.6 Å². The molecule has 3 aromatic rings. The van der Waals surface area contributed by atoms with Gasteiger partial charge in [-0.15, -0.1) is 0 Å². The zero-order valence-corrected chi connectivity index (χ0v) is 13.7. The Morgan fingerprint density at radius 2 is 2.04 bits per heavy atom. The normalized spacial score (nSPS) is 11.8. The SMILES string of the molecule is CC[C@H](NC(=O)Nc1cc(F)ccc1-n1cccn1)c1ccncc1. The average molecular weight is 339 g/mol. The summed E-state index contributed by atoms with van der Waals surface area (Å²) in [4.78, 5) is 16.4. The number of urea groups is 1. The van der Waals surface area contributed by atoms with Crippen molar-refractivity contribution in [3.8, 4) is 5.69 Å². The Kier molecular flexibility index (Phi) is 5.03. The van der Waals surface area contributed by atoms with Crippen LogP contribution in [-0.2, 0) is 0 Å². The number of hydrogen-bond donors (Lipinski definition) is 2. The van der Waals surface area contributed by atoms with Gasteiger partial charge in [-0.25, -0.2) is 13.9 Å². The number of rotatable bonds is 5. The predicted octanol–water partition coefficient (Wildman–Crippen LogP) is 3.68. The Morgan fingerprint density at radius 1 is 1.24 bits per heavy atom.